The van der Waals surface area contributed by atoms with Crippen LogP contribution in [-0.4, -0.2) is 31.4 Å². The van der Waals surface area contributed by atoms with Crippen LogP contribution in [0.2, 0.25) is 10.0 Å². The highest BCUT2D eigenvalue weighted by atomic mass is 35.5. The molecule has 0 aromatic heterocycles. The summed E-state index contributed by atoms with van der Waals surface area (Å²) in [6, 6.07) is 11.2. The van der Waals surface area contributed by atoms with E-state index in [1.807, 2.05) is 0 Å². The Morgan fingerprint density at radius 2 is 1.85 bits per heavy atom. The second kappa shape index (κ2) is 7.98. The van der Waals surface area contributed by atoms with Crippen molar-refractivity contribution in [1.29, 1.82) is 0 Å². The minimum atomic E-state index is -0.521. The number of rotatable bonds is 4. The lowest BCUT2D eigenvalue weighted by Gasteiger charge is -2.18. The average Bonchev–Trinajstić information content (AvgIpc) is 3.05. The monoisotopic (exact) mass is 406 g/mol. The van der Waals surface area contributed by atoms with Gasteiger partial charge in [0.25, 0.3) is 0 Å². The third kappa shape index (κ3) is 4.23. The fourth-order valence-electron chi connectivity index (χ4n) is 2.86. The molecule has 2 aromatic carbocycles. The van der Waals surface area contributed by atoms with E-state index in [9.17, 15) is 14.4 Å². The molecule has 1 aliphatic heterocycles. The van der Waals surface area contributed by atoms with Gasteiger partial charge in [0.2, 0.25) is 11.8 Å². The molecule has 1 saturated heterocycles. The van der Waals surface area contributed by atoms with Crippen molar-refractivity contribution < 1.29 is 19.1 Å². The number of nitrogens with one attached hydrogen (secondary N) is 1. The van der Waals surface area contributed by atoms with Crippen LogP contribution in [0.1, 0.15) is 16.8 Å². The van der Waals surface area contributed by atoms with Crippen LogP contribution >= 0.6 is 23.2 Å². The fourth-order valence-corrected chi connectivity index (χ4v) is 3.25. The molecule has 2 aromatic rings. The lowest BCUT2D eigenvalue weighted by Crippen LogP contribution is -2.28. The van der Waals surface area contributed by atoms with Gasteiger partial charge in [-0.1, -0.05) is 23.2 Å². The second-order valence-electron chi connectivity index (χ2n) is 6.06. The summed E-state index contributed by atoms with van der Waals surface area (Å²) in [5.74, 6) is -1.45. The van der Waals surface area contributed by atoms with E-state index in [0.29, 0.717) is 27.0 Å². The van der Waals surface area contributed by atoms with Gasteiger partial charge in [-0.3, -0.25) is 9.59 Å². The predicted octanol–water partition coefficient (Wildman–Crippen LogP) is 3.77. The van der Waals surface area contributed by atoms with Crippen LogP contribution in [0, 0.1) is 5.92 Å². The first-order valence-electron chi connectivity index (χ1n) is 8.13. The summed E-state index contributed by atoms with van der Waals surface area (Å²) in [6.45, 7) is 0.213. The standard InChI is InChI=1S/C19H16Cl2N2O4/c1-27-19(26)11-2-5-14(6-3-11)22-18(25)12-8-17(24)23(10-12)16-9-13(20)4-7-15(16)21/h2-7,9,12H,8,10H2,1H3,(H,22,25)/t12-/m1/s1. The molecule has 0 saturated carbocycles. The van der Waals surface area contributed by atoms with E-state index < -0.39 is 11.9 Å². The van der Waals surface area contributed by atoms with Crippen molar-refractivity contribution >= 4 is 52.4 Å². The summed E-state index contributed by atoms with van der Waals surface area (Å²) in [5, 5.41) is 3.61. The van der Waals surface area contributed by atoms with Crippen molar-refractivity contribution in [2.75, 3.05) is 23.9 Å². The van der Waals surface area contributed by atoms with Gasteiger partial charge in [0.15, 0.2) is 0 Å². The van der Waals surface area contributed by atoms with Crippen molar-refractivity contribution in [3.8, 4) is 0 Å². The maximum atomic E-state index is 12.5. The van der Waals surface area contributed by atoms with E-state index in [1.165, 1.54) is 12.0 Å². The van der Waals surface area contributed by atoms with Crippen LogP contribution in [0.15, 0.2) is 42.5 Å². The quantitative estimate of drug-likeness (QED) is 0.783. The molecule has 0 bridgehead atoms. The number of ether oxygens (including phenoxy) is 1. The number of hydrogen-bond donors (Lipinski definition) is 1. The van der Waals surface area contributed by atoms with Crippen LogP contribution in [-0.2, 0) is 14.3 Å². The molecule has 0 aliphatic carbocycles. The van der Waals surface area contributed by atoms with Crippen molar-refractivity contribution in [2.24, 2.45) is 5.92 Å². The topological polar surface area (TPSA) is 75.7 Å². The molecule has 8 heteroatoms. The third-order valence-electron chi connectivity index (χ3n) is 4.27. The Balaban J connectivity index is 1.69. The molecule has 0 unspecified atom stereocenters. The smallest absolute Gasteiger partial charge is 0.337 e. The van der Waals surface area contributed by atoms with Crippen molar-refractivity contribution in [3.63, 3.8) is 0 Å². The molecule has 0 radical (unpaired) electrons. The fraction of sp³-hybridized carbons (Fsp3) is 0.211. The van der Waals surface area contributed by atoms with E-state index >= 15 is 0 Å². The zero-order valence-corrected chi connectivity index (χ0v) is 15.9. The molecule has 1 fully saturated rings. The lowest BCUT2D eigenvalue weighted by atomic mass is 10.1. The average molecular weight is 407 g/mol. The van der Waals surface area contributed by atoms with Gasteiger partial charge in [0.1, 0.15) is 0 Å². The van der Waals surface area contributed by atoms with Gasteiger partial charge in [0, 0.05) is 23.7 Å². The second-order valence-corrected chi connectivity index (χ2v) is 6.90. The molecule has 6 nitrogen and oxygen atoms in total. The maximum absolute atomic E-state index is 12.5. The number of benzene rings is 2. The Hall–Kier alpha value is -2.57. The van der Waals surface area contributed by atoms with Gasteiger partial charge >= 0.3 is 5.97 Å². The number of hydrogen-bond acceptors (Lipinski definition) is 4. The Labute approximate surface area is 166 Å². The first-order valence-corrected chi connectivity index (χ1v) is 8.89. The highest BCUT2D eigenvalue weighted by Gasteiger charge is 2.36. The summed E-state index contributed by atoms with van der Waals surface area (Å²) in [7, 11) is 1.30. The number of methoxy groups -OCH3 is 1. The van der Waals surface area contributed by atoms with Crippen molar-refractivity contribution in [3.05, 3.63) is 58.1 Å². The van der Waals surface area contributed by atoms with Crippen LogP contribution in [0.5, 0.6) is 0 Å². The van der Waals surface area contributed by atoms with Crippen LogP contribution in [0.4, 0.5) is 11.4 Å². The Morgan fingerprint density at radius 3 is 2.52 bits per heavy atom. The summed E-state index contributed by atoms with van der Waals surface area (Å²) in [5.41, 5.74) is 1.40. The number of nitrogens with zero attached hydrogens (tertiary/aromatic N) is 1. The molecule has 2 amide bonds. The molecule has 3 rings (SSSR count). The van der Waals surface area contributed by atoms with Gasteiger partial charge < -0.3 is 15.0 Å². The molecule has 1 aliphatic rings. The van der Waals surface area contributed by atoms with E-state index in [0.717, 1.165) is 0 Å². The highest BCUT2D eigenvalue weighted by Crippen LogP contribution is 2.33. The van der Waals surface area contributed by atoms with Gasteiger partial charge in [-0.15, -0.1) is 0 Å². The molecular formula is C19H16Cl2N2O4. The van der Waals surface area contributed by atoms with Gasteiger partial charge in [-0.2, -0.15) is 0 Å². The minimum absolute atomic E-state index is 0.0783. The minimum Gasteiger partial charge on any atom is -0.465 e. The molecule has 1 atom stereocenters. The third-order valence-corrected chi connectivity index (χ3v) is 4.82. The SMILES string of the molecule is COC(=O)c1ccc(NC(=O)[C@@H]2CC(=O)N(c3cc(Cl)ccc3Cl)C2)cc1. The molecule has 140 valence electrons. The zero-order chi connectivity index (χ0) is 19.6. The lowest BCUT2D eigenvalue weighted by molar-refractivity contribution is -0.122. The Kier molecular flexibility index (Phi) is 5.68. The van der Waals surface area contributed by atoms with Gasteiger partial charge in [-0.25, -0.2) is 4.79 Å². The van der Waals surface area contributed by atoms with E-state index in [4.69, 9.17) is 23.2 Å². The van der Waals surface area contributed by atoms with Crippen molar-refractivity contribution in [2.45, 2.75) is 6.42 Å². The summed E-state index contributed by atoms with van der Waals surface area (Å²) < 4.78 is 4.63. The van der Waals surface area contributed by atoms with Crippen LogP contribution in [0.3, 0.4) is 0 Å². The Bertz CT molecular complexity index is 899. The summed E-state index contributed by atoms with van der Waals surface area (Å²) >= 11 is 12.1. The van der Waals surface area contributed by atoms with E-state index in [1.54, 1.807) is 42.5 Å². The maximum Gasteiger partial charge on any atom is 0.337 e. The first kappa shape index (κ1) is 19.2. The van der Waals surface area contributed by atoms with E-state index in [-0.39, 0.29) is 24.8 Å². The number of carbonyl (C=O) groups is 3. The first-order chi connectivity index (χ1) is 12.9. The summed E-state index contributed by atoms with van der Waals surface area (Å²) in [6.07, 6.45) is 0.0783. The molecule has 1 N–H and O–H groups in total. The largest absolute Gasteiger partial charge is 0.465 e. The van der Waals surface area contributed by atoms with Crippen molar-refractivity contribution in [1.82, 2.24) is 0 Å². The van der Waals surface area contributed by atoms with Gasteiger partial charge in [0.05, 0.1) is 29.3 Å². The normalized spacial score (nSPS) is 16.3. The number of carbonyl (C=O) groups excluding carboxylic acids is 3. The molecule has 0 spiro atoms. The zero-order valence-electron chi connectivity index (χ0n) is 14.4. The number of halogens is 2. The van der Waals surface area contributed by atoms with Crippen LogP contribution < -0.4 is 10.2 Å². The number of esters is 1. The van der Waals surface area contributed by atoms with Gasteiger partial charge in [-0.05, 0) is 42.5 Å². The Morgan fingerprint density at radius 1 is 1.15 bits per heavy atom. The predicted molar refractivity (Wildman–Crippen MR) is 103 cm³/mol. The summed E-state index contributed by atoms with van der Waals surface area (Å²) in [4.78, 5) is 37.8. The van der Waals surface area contributed by atoms with E-state index in [2.05, 4.69) is 10.1 Å². The molecule has 1 heterocycles. The number of amides is 2. The molecular weight excluding hydrogens is 391 g/mol. The highest BCUT2D eigenvalue weighted by molar-refractivity contribution is 6.36. The van der Waals surface area contributed by atoms with Crippen LogP contribution in [0.25, 0.3) is 0 Å². The number of anilines is 2. The molecule has 27 heavy (non-hydrogen) atoms.